The van der Waals surface area contributed by atoms with Crippen molar-refractivity contribution in [1.82, 2.24) is 20.0 Å². The maximum atomic E-state index is 12.1. The lowest BCUT2D eigenvalue weighted by molar-refractivity contribution is 0.102. The molecule has 0 radical (unpaired) electrons. The maximum absolute atomic E-state index is 12.1. The van der Waals surface area contributed by atoms with Crippen LogP contribution < -0.4 is 5.32 Å². The molecule has 0 aliphatic heterocycles. The molecule has 102 valence electrons. The Hall–Kier alpha value is -2.11. The van der Waals surface area contributed by atoms with E-state index in [0.29, 0.717) is 11.5 Å². The molecule has 0 aliphatic carbocycles. The van der Waals surface area contributed by atoms with E-state index in [2.05, 4.69) is 27.5 Å². The zero-order valence-electron chi connectivity index (χ0n) is 11.5. The van der Waals surface area contributed by atoms with Crippen molar-refractivity contribution in [3.8, 4) is 0 Å². The van der Waals surface area contributed by atoms with Gasteiger partial charge in [0.25, 0.3) is 5.91 Å². The largest absolute Gasteiger partial charge is 0.305 e. The topological polar surface area (TPSA) is 75.6 Å². The molecule has 0 aromatic carbocycles. The average Bonchev–Trinajstić information content (AvgIpc) is 2.98. The molecule has 0 atom stereocenters. The van der Waals surface area contributed by atoms with Gasteiger partial charge in [-0.1, -0.05) is 13.3 Å². The summed E-state index contributed by atoms with van der Waals surface area (Å²) in [5.41, 5.74) is 1.38. The number of H-pyrrole nitrogens is 1. The number of carbonyl (C=O) groups excluding carboxylic acids is 1. The molecule has 2 heterocycles. The van der Waals surface area contributed by atoms with Crippen LogP contribution in [0, 0.1) is 0 Å². The first-order valence-electron chi connectivity index (χ1n) is 6.51. The van der Waals surface area contributed by atoms with Crippen LogP contribution in [0.5, 0.6) is 0 Å². The molecular formula is C13H19N5O. The zero-order valence-corrected chi connectivity index (χ0v) is 11.5. The smallest absolute Gasteiger partial charge is 0.277 e. The number of amides is 1. The van der Waals surface area contributed by atoms with Gasteiger partial charge in [-0.2, -0.15) is 10.2 Å². The van der Waals surface area contributed by atoms with Crippen molar-refractivity contribution in [3.63, 3.8) is 0 Å². The van der Waals surface area contributed by atoms with Crippen LogP contribution in [-0.2, 0) is 6.42 Å². The summed E-state index contributed by atoms with van der Waals surface area (Å²) in [6.45, 7) is 6.11. The summed E-state index contributed by atoms with van der Waals surface area (Å²) >= 11 is 0. The minimum Gasteiger partial charge on any atom is -0.305 e. The van der Waals surface area contributed by atoms with Gasteiger partial charge in [0.05, 0.1) is 6.20 Å². The van der Waals surface area contributed by atoms with Crippen LogP contribution in [0.25, 0.3) is 0 Å². The van der Waals surface area contributed by atoms with Crippen LogP contribution >= 0.6 is 0 Å². The van der Waals surface area contributed by atoms with Crippen molar-refractivity contribution in [1.29, 1.82) is 0 Å². The number of rotatable bonds is 5. The molecule has 0 fully saturated rings. The maximum Gasteiger partial charge on any atom is 0.277 e. The van der Waals surface area contributed by atoms with Crippen molar-refractivity contribution in [3.05, 3.63) is 29.7 Å². The lowest BCUT2D eigenvalue weighted by atomic mass is 10.2. The van der Waals surface area contributed by atoms with Crippen LogP contribution in [0.4, 0.5) is 5.82 Å². The van der Waals surface area contributed by atoms with Gasteiger partial charge in [-0.25, -0.2) is 4.68 Å². The van der Waals surface area contributed by atoms with E-state index in [9.17, 15) is 4.79 Å². The average molecular weight is 261 g/mol. The Morgan fingerprint density at radius 1 is 1.53 bits per heavy atom. The van der Waals surface area contributed by atoms with Gasteiger partial charge in [-0.3, -0.25) is 9.89 Å². The van der Waals surface area contributed by atoms with Crippen LogP contribution in [0.15, 0.2) is 18.3 Å². The second kappa shape index (κ2) is 5.69. The lowest BCUT2D eigenvalue weighted by Crippen LogP contribution is -2.17. The number of hydrogen-bond acceptors (Lipinski definition) is 3. The molecule has 0 bridgehead atoms. The molecule has 0 unspecified atom stereocenters. The number of carbonyl (C=O) groups is 1. The molecule has 19 heavy (non-hydrogen) atoms. The van der Waals surface area contributed by atoms with Crippen molar-refractivity contribution in [2.24, 2.45) is 0 Å². The second-order valence-electron chi connectivity index (χ2n) is 4.74. The highest BCUT2D eigenvalue weighted by molar-refractivity contribution is 6.02. The summed E-state index contributed by atoms with van der Waals surface area (Å²) in [7, 11) is 0. The first-order chi connectivity index (χ1) is 9.11. The van der Waals surface area contributed by atoms with Crippen molar-refractivity contribution in [2.75, 3.05) is 5.32 Å². The second-order valence-corrected chi connectivity index (χ2v) is 4.74. The molecule has 0 aliphatic rings. The van der Waals surface area contributed by atoms with Gasteiger partial charge in [-0.15, -0.1) is 0 Å². The molecule has 6 heteroatoms. The number of hydrogen-bond donors (Lipinski definition) is 2. The molecule has 1 amide bonds. The van der Waals surface area contributed by atoms with Crippen molar-refractivity contribution in [2.45, 2.75) is 39.7 Å². The molecule has 0 spiro atoms. The lowest BCUT2D eigenvalue weighted by Gasteiger charge is -2.10. The van der Waals surface area contributed by atoms with E-state index in [-0.39, 0.29) is 11.9 Å². The van der Waals surface area contributed by atoms with Crippen molar-refractivity contribution < 1.29 is 4.79 Å². The van der Waals surface area contributed by atoms with Crippen LogP contribution in [0.2, 0.25) is 0 Å². The summed E-state index contributed by atoms with van der Waals surface area (Å²) < 4.78 is 1.76. The molecule has 0 saturated carbocycles. The van der Waals surface area contributed by atoms with E-state index in [1.165, 1.54) is 0 Å². The van der Waals surface area contributed by atoms with Gasteiger partial charge >= 0.3 is 0 Å². The fourth-order valence-corrected chi connectivity index (χ4v) is 1.88. The van der Waals surface area contributed by atoms with Gasteiger partial charge in [0.1, 0.15) is 5.82 Å². The monoisotopic (exact) mass is 261 g/mol. The number of aromatic nitrogens is 4. The highest BCUT2D eigenvalue weighted by Crippen LogP contribution is 2.14. The fourth-order valence-electron chi connectivity index (χ4n) is 1.88. The summed E-state index contributed by atoms with van der Waals surface area (Å²) in [6.07, 6.45) is 3.58. The molecule has 2 aromatic heterocycles. The Morgan fingerprint density at radius 2 is 2.32 bits per heavy atom. The van der Waals surface area contributed by atoms with Crippen LogP contribution in [-0.4, -0.2) is 25.9 Å². The van der Waals surface area contributed by atoms with Crippen LogP contribution in [0.1, 0.15) is 49.4 Å². The zero-order chi connectivity index (χ0) is 13.8. The molecule has 0 saturated heterocycles. The van der Waals surface area contributed by atoms with Gasteiger partial charge < -0.3 is 5.32 Å². The van der Waals surface area contributed by atoms with Gasteiger partial charge in [-0.05, 0) is 26.3 Å². The predicted octanol–water partition coefficient (Wildman–Crippen LogP) is 2.39. The highest BCUT2D eigenvalue weighted by Gasteiger charge is 2.13. The highest BCUT2D eigenvalue weighted by atomic mass is 16.2. The quantitative estimate of drug-likeness (QED) is 0.867. The third-order valence-electron chi connectivity index (χ3n) is 2.78. The summed E-state index contributed by atoms with van der Waals surface area (Å²) in [4.78, 5) is 12.1. The molecule has 2 N–H and O–H groups in total. The minimum absolute atomic E-state index is 0.195. The first-order valence-corrected chi connectivity index (χ1v) is 6.51. The Kier molecular flexibility index (Phi) is 3.99. The van der Waals surface area contributed by atoms with E-state index in [4.69, 9.17) is 0 Å². The van der Waals surface area contributed by atoms with Crippen LogP contribution in [0.3, 0.4) is 0 Å². The van der Waals surface area contributed by atoms with Gasteiger partial charge in [0, 0.05) is 17.8 Å². The molecule has 2 aromatic rings. The first kappa shape index (κ1) is 13.3. The summed E-state index contributed by atoms with van der Waals surface area (Å²) in [5.74, 6) is 0.459. The Morgan fingerprint density at radius 3 is 3.00 bits per heavy atom. The van der Waals surface area contributed by atoms with E-state index in [0.717, 1.165) is 18.5 Å². The van der Waals surface area contributed by atoms with E-state index >= 15 is 0 Å². The van der Waals surface area contributed by atoms with E-state index in [1.54, 1.807) is 23.0 Å². The Bertz CT molecular complexity index is 555. The molecule has 6 nitrogen and oxygen atoms in total. The minimum atomic E-state index is -0.221. The normalized spacial score (nSPS) is 10.9. The summed E-state index contributed by atoms with van der Waals surface area (Å²) in [6, 6.07) is 3.76. The number of nitrogens with one attached hydrogen (secondary N) is 2. The predicted molar refractivity (Wildman–Crippen MR) is 73.1 cm³/mol. The van der Waals surface area contributed by atoms with Gasteiger partial charge in [0.2, 0.25) is 0 Å². The number of nitrogens with zero attached hydrogens (tertiary/aromatic N) is 3. The summed E-state index contributed by atoms with van der Waals surface area (Å²) in [5, 5.41) is 13.9. The molecule has 2 rings (SSSR count). The van der Waals surface area contributed by atoms with Crippen molar-refractivity contribution >= 4 is 11.7 Å². The van der Waals surface area contributed by atoms with E-state index < -0.39 is 0 Å². The molecular weight excluding hydrogens is 242 g/mol. The Labute approximate surface area is 112 Å². The van der Waals surface area contributed by atoms with E-state index in [1.807, 2.05) is 13.8 Å². The third-order valence-corrected chi connectivity index (χ3v) is 2.78. The van der Waals surface area contributed by atoms with Gasteiger partial charge in [0.15, 0.2) is 5.69 Å². The number of aryl methyl sites for hydroxylation is 1. The Balaban J connectivity index is 2.09. The number of aromatic amines is 1. The standard InChI is InChI=1S/C13H19N5O/c1-4-5-10-8-11(17-16-10)13(19)15-12-6-7-14-18(12)9(2)3/h6-9H,4-5H2,1-3H3,(H,15,19)(H,16,17). The SMILES string of the molecule is CCCc1cc(C(=O)Nc2ccnn2C(C)C)n[nH]1. The third kappa shape index (κ3) is 3.01. The number of anilines is 1. The fraction of sp³-hybridized carbons (Fsp3) is 0.462.